The molecule has 2 aromatic rings. The highest BCUT2D eigenvalue weighted by Gasteiger charge is 2.30. The Balaban J connectivity index is 1.92. The molecule has 162 valence electrons. The molecule has 0 aliphatic carbocycles. The quantitative estimate of drug-likeness (QED) is 0.430. The van der Waals surface area contributed by atoms with Gasteiger partial charge in [0.15, 0.2) is 6.10 Å². The second-order valence-electron chi connectivity index (χ2n) is 6.69. The van der Waals surface area contributed by atoms with Gasteiger partial charge in [0.1, 0.15) is 5.75 Å². The number of hydrogen-bond donors (Lipinski definition) is 1. The number of nitrogens with one attached hydrogen (secondary N) is 1. The van der Waals surface area contributed by atoms with Crippen LogP contribution in [0.4, 0.5) is 18.9 Å². The summed E-state index contributed by atoms with van der Waals surface area (Å²) in [6.45, 7) is 3.96. The van der Waals surface area contributed by atoms with Crippen molar-refractivity contribution >= 4 is 17.6 Å². The Hall–Kier alpha value is -3.03. The fourth-order valence-corrected chi connectivity index (χ4v) is 2.56. The summed E-state index contributed by atoms with van der Waals surface area (Å²) in [7, 11) is 0. The summed E-state index contributed by atoms with van der Waals surface area (Å²) in [5.41, 5.74) is -0.580. The van der Waals surface area contributed by atoms with Crippen LogP contribution in [0.1, 0.15) is 49.0 Å². The zero-order valence-electron chi connectivity index (χ0n) is 16.8. The third-order valence-electron chi connectivity index (χ3n) is 4.20. The zero-order valence-corrected chi connectivity index (χ0v) is 16.8. The molecule has 0 aliphatic heterocycles. The van der Waals surface area contributed by atoms with Gasteiger partial charge in [-0.15, -0.1) is 0 Å². The molecule has 1 unspecified atom stereocenters. The Morgan fingerprint density at radius 3 is 2.40 bits per heavy atom. The third-order valence-corrected chi connectivity index (χ3v) is 4.20. The zero-order chi connectivity index (χ0) is 22.1. The van der Waals surface area contributed by atoms with E-state index in [0.717, 1.165) is 31.4 Å². The molecule has 2 rings (SSSR count). The minimum absolute atomic E-state index is 0.0367. The number of esters is 1. The van der Waals surface area contributed by atoms with E-state index in [1.165, 1.54) is 36.4 Å². The van der Waals surface area contributed by atoms with Gasteiger partial charge in [-0.25, -0.2) is 4.79 Å². The number of unbranched alkanes of at least 4 members (excludes halogenated alkanes) is 2. The second kappa shape index (κ2) is 10.7. The van der Waals surface area contributed by atoms with Crippen LogP contribution in [0.2, 0.25) is 0 Å². The van der Waals surface area contributed by atoms with Crippen molar-refractivity contribution in [1.29, 1.82) is 0 Å². The molecular formula is C22H24F3NO4. The van der Waals surface area contributed by atoms with Gasteiger partial charge in [0.2, 0.25) is 0 Å². The van der Waals surface area contributed by atoms with Crippen molar-refractivity contribution in [3.05, 3.63) is 59.7 Å². The summed E-state index contributed by atoms with van der Waals surface area (Å²) in [5.74, 6) is -0.676. The maximum atomic E-state index is 12.8. The molecule has 1 atom stereocenters. The molecule has 0 fully saturated rings. The summed E-state index contributed by atoms with van der Waals surface area (Å²) in [6.07, 6.45) is -2.50. The van der Waals surface area contributed by atoms with E-state index in [4.69, 9.17) is 9.47 Å². The Labute approximate surface area is 173 Å². The molecule has 8 heteroatoms. The van der Waals surface area contributed by atoms with Crippen LogP contribution in [0.3, 0.4) is 0 Å². The average molecular weight is 423 g/mol. The number of rotatable bonds is 9. The van der Waals surface area contributed by atoms with E-state index in [9.17, 15) is 22.8 Å². The maximum absolute atomic E-state index is 12.8. The molecule has 0 aliphatic rings. The van der Waals surface area contributed by atoms with Crippen molar-refractivity contribution < 1.29 is 32.2 Å². The Morgan fingerprint density at radius 2 is 1.77 bits per heavy atom. The lowest BCUT2D eigenvalue weighted by Gasteiger charge is -2.14. The molecule has 0 saturated carbocycles. The molecule has 0 saturated heterocycles. The molecule has 30 heavy (non-hydrogen) atoms. The number of benzene rings is 2. The molecule has 0 spiro atoms. The number of halogens is 3. The highest BCUT2D eigenvalue weighted by molar-refractivity contribution is 6.04. The van der Waals surface area contributed by atoms with Crippen LogP contribution in [0, 0.1) is 0 Å². The monoisotopic (exact) mass is 423 g/mol. The number of carbonyl (C=O) groups excluding carboxylic acids is 2. The number of amides is 1. The molecule has 0 bridgehead atoms. The Morgan fingerprint density at radius 1 is 1.07 bits per heavy atom. The Bertz CT molecular complexity index is 850. The summed E-state index contributed by atoms with van der Waals surface area (Å²) < 4.78 is 49.0. The van der Waals surface area contributed by atoms with Gasteiger partial charge < -0.3 is 14.8 Å². The van der Waals surface area contributed by atoms with Gasteiger partial charge in [-0.1, -0.05) is 25.8 Å². The topological polar surface area (TPSA) is 64.6 Å². The molecule has 0 heterocycles. The van der Waals surface area contributed by atoms with Gasteiger partial charge in [0.25, 0.3) is 5.91 Å². The highest BCUT2D eigenvalue weighted by atomic mass is 19.4. The molecule has 2 aromatic carbocycles. The van der Waals surface area contributed by atoms with E-state index >= 15 is 0 Å². The smallest absolute Gasteiger partial charge is 0.416 e. The van der Waals surface area contributed by atoms with E-state index in [1.54, 1.807) is 6.92 Å². The normalized spacial score (nSPS) is 12.2. The van der Waals surface area contributed by atoms with Crippen LogP contribution >= 0.6 is 0 Å². The standard InChI is InChI=1S/C22H24F3NO4/c1-3-4-5-13-29-21(28)15(2)30-19-11-9-16(10-12-19)20(27)26-18-8-6-7-17(14-18)22(23,24)25/h6-12,14-15H,3-5,13H2,1-2H3,(H,26,27). The Kier molecular flexibility index (Phi) is 8.26. The first-order valence-corrected chi connectivity index (χ1v) is 9.62. The summed E-state index contributed by atoms with van der Waals surface area (Å²) in [4.78, 5) is 24.2. The fraction of sp³-hybridized carbons (Fsp3) is 0.364. The molecule has 0 aromatic heterocycles. The molecule has 0 radical (unpaired) electrons. The average Bonchev–Trinajstić information content (AvgIpc) is 2.71. The highest BCUT2D eigenvalue weighted by Crippen LogP contribution is 2.30. The fourth-order valence-electron chi connectivity index (χ4n) is 2.56. The van der Waals surface area contributed by atoms with Crippen LogP contribution in [-0.4, -0.2) is 24.6 Å². The van der Waals surface area contributed by atoms with Gasteiger partial charge in [-0.3, -0.25) is 4.79 Å². The van der Waals surface area contributed by atoms with Crippen molar-refractivity contribution in [2.45, 2.75) is 45.4 Å². The minimum atomic E-state index is -4.49. The first-order valence-electron chi connectivity index (χ1n) is 9.62. The van der Waals surface area contributed by atoms with E-state index in [1.807, 2.05) is 0 Å². The first kappa shape index (κ1) is 23.3. The number of anilines is 1. The molecular weight excluding hydrogens is 399 g/mol. The van der Waals surface area contributed by atoms with Gasteiger partial charge in [-0.05, 0) is 55.8 Å². The predicted octanol–water partition coefficient (Wildman–Crippen LogP) is 5.46. The van der Waals surface area contributed by atoms with Crippen LogP contribution in [0.5, 0.6) is 5.75 Å². The lowest BCUT2D eigenvalue weighted by molar-refractivity contribution is -0.151. The summed E-state index contributed by atoms with van der Waals surface area (Å²) in [6, 6.07) is 10.3. The second-order valence-corrected chi connectivity index (χ2v) is 6.69. The summed E-state index contributed by atoms with van der Waals surface area (Å²) >= 11 is 0. The van der Waals surface area contributed by atoms with Crippen molar-refractivity contribution in [2.75, 3.05) is 11.9 Å². The van der Waals surface area contributed by atoms with Gasteiger partial charge >= 0.3 is 12.1 Å². The molecule has 5 nitrogen and oxygen atoms in total. The lowest BCUT2D eigenvalue weighted by Crippen LogP contribution is -2.26. The number of carbonyl (C=O) groups is 2. The van der Waals surface area contributed by atoms with Crippen molar-refractivity contribution in [1.82, 2.24) is 0 Å². The molecule has 1 N–H and O–H groups in total. The van der Waals surface area contributed by atoms with Crippen molar-refractivity contribution in [2.24, 2.45) is 0 Å². The number of hydrogen-bond acceptors (Lipinski definition) is 4. The van der Waals surface area contributed by atoms with E-state index in [2.05, 4.69) is 12.2 Å². The van der Waals surface area contributed by atoms with E-state index in [-0.39, 0.29) is 11.3 Å². The van der Waals surface area contributed by atoms with E-state index in [0.29, 0.717) is 12.4 Å². The number of alkyl halides is 3. The minimum Gasteiger partial charge on any atom is -0.479 e. The van der Waals surface area contributed by atoms with E-state index < -0.39 is 29.7 Å². The largest absolute Gasteiger partial charge is 0.479 e. The molecule has 1 amide bonds. The SMILES string of the molecule is CCCCCOC(=O)C(C)Oc1ccc(C(=O)Nc2cccc(C(F)(F)F)c2)cc1. The summed E-state index contributed by atoms with van der Waals surface area (Å²) in [5, 5.41) is 2.43. The van der Waals surface area contributed by atoms with Crippen LogP contribution in [-0.2, 0) is 15.7 Å². The van der Waals surface area contributed by atoms with Gasteiger partial charge in [0.05, 0.1) is 12.2 Å². The van der Waals surface area contributed by atoms with Crippen LogP contribution < -0.4 is 10.1 Å². The van der Waals surface area contributed by atoms with Gasteiger partial charge in [0, 0.05) is 11.3 Å². The first-order chi connectivity index (χ1) is 14.2. The van der Waals surface area contributed by atoms with Crippen LogP contribution in [0.25, 0.3) is 0 Å². The third kappa shape index (κ3) is 7.09. The van der Waals surface area contributed by atoms with Crippen molar-refractivity contribution in [3.63, 3.8) is 0 Å². The maximum Gasteiger partial charge on any atom is 0.416 e. The lowest BCUT2D eigenvalue weighted by atomic mass is 10.1. The number of ether oxygens (including phenoxy) is 2. The predicted molar refractivity (Wildman–Crippen MR) is 106 cm³/mol. The van der Waals surface area contributed by atoms with Crippen molar-refractivity contribution in [3.8, 4) is 5.75 Å². The van der Waals surface area contributed by atoms with Crippen LogP contribution in [0.15, 0.2) is 48.5 Å². The van der Waals surface area contributed by atoms with Gasteiger partial charge in [-0.2, -0.15) is 13.2 Å².